The highest BCUT2D eigenvalue weighted by Gasteiger charge is 2.20. The summed E-state index contributed by atoms with van der Waals surface area (Å²) in [5.41, 5.74) is 5.93. The predicted molar refractivity (Wildman–Crippen MR) is 76.4 cm³/mol. The van der Waals surface area contributed by atoms with Crippen LogP contribution in [0.25, 0.3) is 0 Å². The van der Waals surface area contributed by atoms with E-state index in [9.17, 15) is 14.9 Å². The van der Waals surface area contributed by atoms with Gasteiger partial charge < -0.3 is 10.6 Å². The van der Waals surface area contributed by atoms with E-state index in [4.69, 9.17) is 5.73 Å². The molecule has 0 radical (unpaired) electrons. The van der Waals surface area contributed by atoms with Crippen LogP contribution >= 0.6 is 22.6 Å². The van der Waals surface area contributed by atoms with Crippen molar-refractivity contribution >= 4 is 34.2 Å². The number of halogens is 1. The third-order valence-corrected chi connectivity index (χ3v) is 3.61. The molecule has 0 aliphatic carbocycles. The zero-order valence-electron chi connectivity index (χ0n) is 10.1. The Morgan fingerprint density at radius 2 is 2.22 bits per heavy atom. The number of non-ortho nitro benzene ring substituents is 1. The van der Waals surface area contributed by atoms with Gasteiger partial charge in [-0.15, -0.1) is 0 Å². The largest absolute Gasteiger partial charge is 0.338 e. The Morgan fingerprint density at radius 1 is 1.61 bits per heavy atom. The van der Waals surface area contributed by atoms with Crippen molar-refractivity contribution < 1.29 is 9.72 Å². The highest BCUT2D eigenvalue weighted by Crippen LogP contribution is 2.21. The van der Waals surface area contributed by atoms with Gasteiger partial charge in [0.25, 0.3) is 11.6 Å². The van der Waals surface area contributed by atoms with E-state index in [1.54, 1.807) is 7.05 Å². The van der Waals surface area contributed by atoms with Crippen LogP contribution in [0.3, 0.4) is 0 Å². The number of benzene rings is 1. The van der Waals surface area contributed by atoms with Crippen LogP contribution < -0.4 is 5.73 Å². The van der Waals surface area contributed by atoms with E-state index in [2.05, 4.69) is 0 Å². The molecule has 98 valence electrons. The summed E-state index contributed by atoms with van der Waals surface area (Å²) in [7, 11) is 1.66. The van der Waals surface area contributed by atoms with Gasteiger partial charge in [-0.25, -0.2) is 0 Å². The van der Waals surface area contributed by atoms with Gasteiger partial charge in [0.2, 0.25) is 0 Å². The minimum Gasteiger partial charge on any atom is -0.338 e. The van der Waals surface area contributed by atoms with Crippen molar-refractivity contribution in [1.29, 1.82) is 0 Å². The molecule has 2 N–H and O–H groups in total. The first-order chi connectivity index (χ1) is 8.38. The fourth-order valence-corrected chi connectivity index (χ4v) is 2.07. The molecule has 1 amide bonds. The molecule has 18 heavy (non-hydrogen) atoms. The Bertz CT molecular complexity index is 479. The molecule has 0 saturated heterocycles. The number of amides is 1. The molecule has 1 atom stereocenters. The van der Waals surface area contributed by atoms with Crippen molar-refractivity contribution in [3.05, 3.63) is 37.4 Å². The molecule has 0 heterocycles. The number of nitrogens with two attached hydrogens (primary N) is 1. The standard InChI is InChI=1S/C11H14IN3O3/c1-7(6-13)14(2)11(16)9-4-3-8(15(17)18)5-10(9)12/h3-5,7H,6,13H2,1-2H3. The Hall–Kier alpha value is -1.22. The van der Waals surface area contributed by atoms with Crippen molar-refractivity contribution in [3.8, 4) is 0 Å². The number of hydrogen-bond donors (Lipinski definition) is 1. The van der Waals surface area contributed by atoms with Gasteiger partial charge >= 0.3 is 0 Å². The molecule has 7 heteroatoms. The van der Waals surface area contributed by atoms with Crippen LogP contribution in [-0.2, 0) is 0 Å². The summed E-state index contributed by atoms with van der Waals surface area (Å²) < 4.78 is 0.558. The Morgan fingerprint density at radius 3 is 2.67 bits per heavy atom. The molecule has 6 nitrogen and oxygen atoms in total. The second-order valence-electron chi connectivity index (χ2n) is 3.92. The third-order valence-electron chi connectivity index (χ3n) is 2.72. The molecule has 1 rings (SSSR count). The lowest BCUT2D eigenvalue weighted by atomic mass is 10.1. The second kappa shape index (κ2) is 6.10. The molecule has 0 aliphatic heterocycles. The molecule has 1 aromatic carbocycles. The average molecular weight is 363 g/mol. The molecule has 0 saturated carbocycles. The van der Waals surface area contributed by atoms with Crippen LogP contribution in [-0.4, -0.2) is 35.4 Å². The average Bonchev–Trinajstić information content (AvgIpc) is 2.35. The topological polar surface area (TPSA) is 89.5 Å². The summed E-state index contributed by atoms with van der Waals surface area (Å²) in [6, 6.07) is 4.11. The lowest BCUT2D eigenvalue weighted by Crippen LogP contribution is -2.40. The first-order valence-electron chi connectivity index (χ1n) is 5.29. The molecule has 0 spiro atoms. The number of nitrogens with zero attached hydrogens (tertiary/aromatic N) is 2. The van der Waals surface area contributed by atoms with Gasteiger partial charge in [0.15, 0.2) is 0 Å². The number of rotatable bonds is 4. The van der Waals surface area contributed by atoms with Gasteiger partial charge in [0, 0.05) is 35.3 Å². The van der Waals surface area contributed by atoms with E-state index in [0.717, 1.165) is 0 Å². The van der Waals surface area contributed by atoms with E-state index in [0.29, 0.717) is 15.7 Å². The van der Waals surface area contributed by atoms with Gasteiger partial charge in [0.1, 0.15) is 0 Å². The van der Waals surface area contributed by atoms with Crippen LogP contribution in [0.1, 0.15) is 17.3 Å². The maximum atomic E-state index is 12.1. The summed E-state index contributed by atoms with van der Waals surface area (Å²) in [5, 5.41) is 10.6. The number of nitro benzene ring substituents is 1. The summed E-state index contributed by atoms with van der Waals surface area (Å²) >= 11 is 1.92. The van der Waals surface area contributed by atoms with E-state index < -0.39 is 4.92 Å². The molecule has 0 aromatic heterocycles. The number of carbonyl (C=O) groups is 1. The van der Waals surface area contributed by atoms with Crippen LogP contribution in [0.5, 0.6) is 0 Å². The number of carbonyl (C=O) groups excluding carboxylic acids is 1. The summed E-state index contributed by atoms with van der Waals surface area (Å²) in [6.07, 6.45) is 0. The molecule has 0 fully saturated rings. The molecule has 0 aliphatic rings. The molecular formula is C11H14IN3O3. The van der Waals surface area contributed by atoms with E-state index in [-0.39, 0.29) is 17.6 Å². The minimum atomic E-state index is -0.483. The van der Waals surface area contributed by atoms with Gasteiger partial charge in [-0.05, 0) is 35.6 Å². The van der Waals surface area contributed by atoms with Crippen LogP contribution in [0, 0.1) is 13.7 Å². The maximum absolute atomic E-state index is 12.1. The molecular weight excluding hydrogens is 349 g/mol. The fourth-order valence-electron chi connectivity index (χ4n) is 1.34. The minimum absolute atomic E-state index is 0.0227. The summed E-state index contributed by atoms with van der Waals surface area (Å²) in [4.78, 5) is 23.8. The van der Waals surface area contributed by atoms with Gasteiger partial charge in [-0.3, -0.25) is 14.9 Å². The first kappa shape index (κ1) is 14.8. The van der Waals surface area contributed by atoms with Gasteiger partial charge in [-0.2, -0.15) is 0 Å². The van der Waals surface area contributed by atoms with Crippen molar-refractivity contribution in [1.82, 2.24) is 4.90 Å². The zero-order chi connectivity index (χ0) is 13.9. The highest BCUT2D eigenvalue weighted by molar-refractivity contribution is 14.1. The normalized spacial score (nSPS) is 12.0. The van der Waals surface area contributed by atoms with Crippen molar-refractivity contribution in [2.24, 2.45) is 5.73 Å². The third kappa shape index (κ3) is 3.16. The number of nitro groups is 1. The number of hydrogen-bond acceptors (Lipinski definition) is 4. The lowest BCUT2D eigenvalue weighted by Gasteiger charge is -2.24. The predicted octanol–water partition coefficient (Wildman–Crippen LogP) is 1.62. The first-order valence-corrected chi connectivity index (χ1v) is 6.37. The maximum Gasteiger partial charge on any atom is 0.270 e. The molecule has 1 aromatic rings. The van der Waals surface area contributed by atoms with E-state index in [1.165, 1.54) is 23.1 Å². The fraction of sp³-hybridized carbons (Fsp3) is 0.364. The van der Waals surface area contributed by atoms with Crippen molar-refractivity contribution in [3.63, 3.8) is 0 Å². The smallest absolute Gasteiger partial charge is 0.270 e. The second-order valence-corrected chi connectivity index (χ2v) is 5.08. The van der Waals surface area contributed by atoms with Crippen LogP contribution in [0.15, 0.2) is 18.2 Å². The van der Waals surface area contributed by atoms with Gasteiger partial charge in [-0.1, -0.05) is 0 Å². The Labute approximate surface area is 118 Å². The Balaban J connectivity index is 3.04. The zero-order valence-corrected chi connectivity index (χ0v) is 12.2. The summed E-state index contributed by atoms with van der Waals surface area (Å²) in [5.74, 6) is -0.188. The monoisotopic (exact) mass is 363 g/mol. The van der Waals surface area contributed by atoms with E-state index in [1.807, 2.05) is 29.5 Å². The van der Waals surface area contributed by atoms with Gasteiger partial charge in [0.05, 0.1) is 10.5 Å². The van der Waals surface area contributed by atoms with Crippen LogP contribution in [0.2, 0.25) is 0 Å². The van der Waals surface area contributed by atoms with Crippen molar-refractivity contribution in [2.45, 2.75) is 13.0 Å². The molecule has 1 unspecified atom stereocenters. The summed E-state index contributed by atoms with van der Waals surface area (Å²) in [6.45, 7) is 2.21. The Kier molecular flexibility index (Phi) is 5.03. The van der Waals surface area contributed by atoms with Crippen LogP contribution in [0.4, 0.5) is 5.69 Å². The van der Waals surface area contributed by atoms with Crippen molar-refractivity contribution in [2.75, 3.05) is 13.6 Å². The highest BCUT2D eigenvalue weighted by atomic mass is 127. The molecule has 0 bridgehead atoms. The number of likely N-dealkylation sites (N-methyl/N-ethyl adjacent to an activating group) is 1. The SMILES string of the molecule is CC(CN)N(C)C(=O)c1ccc([N+](=O)[O-])cc1I. The quantitative estimate of drug-likeness (QED) is 0.500. The van der Waals surface area contributed by atoms with E-state index >= 15 is 0 Å². The lowest BCUT2D eigenvalue weighted by molar-refractivity contribution is -0.384.